The zero-order valence-electron chi connectivity index (χ0n) is 11.7. The number of carboxylic acids is 1. The van der Waals surface area contributed by atoms with Crippen LogP contribution >= 0.6 is 0 Å². The first kappa shape index (κ1) is 15.9. The molecule has 1 aromatic rings. The average Bonchev–Trinajstić information content (AvgIpc) is 2.41. The first-order valence-electron chi connectivity index (χ1n) is 6.97. The van der Waals surface area contributed by atoms with E-state index >= 15 is 0 Å². The Balaban J connectivity index is 2.10. The number of sulfonamides is 1. The number of benzene rings is 1. The van der Waals surface area contributed by atoms with Crippen molar-refractivity contribution in [2.75, 3.05) is 0 Å². The maximum Gasteiger partial charge on any atom is 0.307 e. The molecule has 116 valence electrons. The first-order chi connectivity index (χ1) is 9.88. The third kappa shape index (κ3) is 4.26. The minimum Gasteiger partial charge on any atom is -0.481 e. The van der Waals surface area contributed by atoms with Crippen LogP contribution in [-0.2, 0) is 21.2 Å². The van der Waals surface area contributed by atoms with Crippen LogP contribution in [0.5, 0.6) is 0 Å². The molecule has 4 N–H and O–H groups in total. The minimum atomic E-state index is -3.62. The zero-order chi connectivity index (χ0) is 15.5. The molecule has 6 nitrogen and oxygen atoms in total. The molecule has 0 amide bonds. The lowest BCUT2D eigenvalue weighted by molar-refractivity contribution is -0.136. The fraction of sp³-hybridized carbons (Fsp3) is 0.500. The highest BCUT2D eigenvalue weighted by Gasteiger charge is 2.27. The van der Waals surface area contributed by atoms with Crippen LogP contribution < -0.4 is 10.5 Å². The van der Waals surface area contributed by atoms with Crippen molar-refractivity contribution in [3.63, 3.8) is 0 Å². The van der Waals surface area contributed by atoms with Crippen LogP contribution in [0.15, 0.2) is 29.2 Å². The van der Waals surface area contributed by atoms with Gasteiger partial charge in [0.15, 0.2) is 0 Å². The molecule has 0 saturated heterocycles. The van der Waals surface area contributed by atoms with Gasteiger partial charge in [0, 0.05) is 12.1 Å². The highest BCUT2D eigenvalue weighted by molar-refractivity contribution is 7.89. The Kier molecular flexibility index (Phi) is 4.97. The summed E-state index contributed by atoms with van der Waals surface area (Å²) in [5.74, 6) is -0.947. The lowest BCUT2D eigenvalue weighted by Gasteiger charge is -2.29. The van der Waals surface area contributed by atoms with E-state index in [1.54, 1.807) is 0 Å². The van der Waals surface area contributed by atoms with E-state index in [-0.39, 0.29) is 23.4 Å². The SMILES string of the molecule is NC1CCCCC1NS(=O)(=O)c1ccc(CC(=O)O)cc1. The summed E-state index contributed by atoms with van der Waals surface area (Å²) >= 11 is 0. The molecule has 7 heteroatoms. The Labute approximate surface area is 124 Å². The number of nitrogens with one attached hydrogen (secondary N) is 1. The second-order valence-electron chi connectivity index (χ2n) is 5.39. The van der Waals surface area contributed by atoms with E-state index < -0.39 is 16.0 Å². The van der Waals surface area contributed by atoms with Crippen molar-refractivity contribution in [1.29, 1.82) is 0 Å². The molecule has 1 fully saturated rings. The van der Waals surface area contributed by atoms with Crippen LogP contribution in [-0.4, -0.2) is 31.6 Å². The normalized spacial score (nSPS) is 22.9. The fourth-order valence-electron chi connectivity index (χ4n) is 2.53. The van der Waals surface area contributed by atoms with E-state index in [0.29, 0.717) is 5.56 Å². The van der Waals surface area contributed by atoms with Crippen LogP contribution in [0.3, 0.4) is 0 Å². The molecule has 1 saturated carbocycles. The summed E-state index contributed by atoms with van der Waals surface area (Å²) in [5, 5.41) is 8.70. The second-order valence-corrected chi connectivity index (χ2v) is 7.10. The fourth-order valence-corrected chi connectivity index (χ4v) is 3.86. The molecule has 0 bridgehead atoms. The van der Waals surface area contributed by atoms with Gasteiger partial charge in [-0.05, 0) is 30.5 Å². The molecule has 0 radical (unpaired) electrons. The van der Waals surface area contributed by atoms with Crippen LogP contribution in [0.2, 0.25) is 0 Å². The summed E-state index contributed by atoms with van der Waals surface area (Å²) in [7, 11) is -3.62. The van der Waals surface area contributed by atoms with Crippen molar-refractivity contribution >= 4 is 16.0 Å². The number of hydrogen-bond donors (Lipinski definition) is 3. The molecule has 2 unspecified atom stereocenters. The number of nitrogens with two attached hydrogens (primary N) is 1. The minimum absolute atomic E-state index is 0.124. The molecular weight excluding hydrogens is 292 g/mol. The number of carbonyl (C=O) groups is 1. The molecule has 0 heterocycles. The molecule has 1 aliphatic rings. The van der Waals surface area contributed by atoms with Crippen LogP contribution in [0.1, 0.15) is 31.2 Å². The smallest absolute Gasteiger partial charge is 0.307 e. The van der Waals surface area contributed by atoms with Crippen molar-refractivity contribution < 1.29 is 18.3 Å². The molecule has 1 aromatic carbocycles. The molecule has 0 aromatic heterocycles. The Morgan fingerprint density at radius 2 is 1.86 bits per heavy atom. The summed E-state index contributed by atoms with van der Waals surface area (Å²) in [5.41, 5.74) is 6.52. The molecule has 1 aliphatic carbocycles. The van der Waals surface area contributed by atoms with Gasteiger partial charge in [0.25, 0.3) is 0 Å². The number of hydrogen-bond acceptors (Lipinski definition) is 4. The molecular formula is C14H20N2O4S. The van der Waals surface area contributed by atoms with Crippen LogP contribution in [0, 0.1) is 0 Å². The van der Waals surface area contributed by atoms with Crippen molar-refractivity contribution in [1.82, 2.24) is 4.72 Å². The molecule has 21 heavy (non-hydrogen) atoms. The van der Waals surface area contributed by atoms with Crippen molar-refractivity contribution in [3.8, 4) is 0 Å². The van der Waals surface area contributed by atoms with E-state index in [1.807, 2.05) is 0 Å². The predicted octanol–water partition coefficient (Wildman–Crippen LogP) is 0.862. The molecule has 2 rings (SSSR count). The predicted molar refractivity (Wildman–Crippen MR) is 78.3 cm³/mol. The van der Waals surface area contributed by atoms with E-state index in [2.05, 4.69) is 4.72 Å². The summed E-state index contributed by atoms with van der Waals surface area (Å²) in [6.45, 7) is 0. The quantitative estimate of drug-likeness (QED) is 0.747. The monoisotopic (exact) mass is 312 g/mol. The van der Waals surface area contributed by atoms with Gasteiger partial charge in [0.05, 0.1) is 11.3 Å². The summed E-state index contributed by atoms with van der Waals surface area (Å²) in [4.78, 5) is 10.7. The summed E-state index contributed by atoms with van der Waals surface area (Å²) < 4.78 is 27.2. The van der Waals surface area contributed by atoms with Crippen molar-refractivity contribution in [3.05, 3.63) is 29.8 Å². The van der Waals surface area contributed by atoms with Gasteiger partial charge >= 0.3 is 5.97 Å². The Bertz CT molecular complexity index is 598. The summed E-state index contributed by atoms with van der Waals surface area (Å²) in [6, 6.07) is 5.50. The number of rotatable bonds is 5. The molecule has 0 spiro atoms. The van der Waals surface area contributed by atoms with Gasteiger partial charge in [-0.2, -0.15) is 0 Å². The largest absolute Gasteiger partial charge is 0.481 e. The zero-order valence-corrected chi connectivity index (χ0v) is 12.5. The van der Waals surface area contributed by atoms with E-state index in [1.165, 1.54) is 24.3 Å². The second kappa shape index (κ2) is 6.55. The maximum atomic E-state index is 12.3. The molecule has 2 atom stereocenters. The standard InChI is InChI=1S/C14H20N2O4S/c15-12-3-1-2-4-13(12)16-21(19,20)11-7-5-10(6-8-11)9-14(17)18/h5-8,12-13,16H,1-4,9,15H2,(H,17,18). The third-order valence-electron chi connectivity index (χ3n) is 3.71. The lowest BCUT2D eigenvalue weighted by atomic mass is 9.92. The molecule has 0 aliphatic heterocycles. The van der Waals surface area contributed by atoms with E-state index in [4.69, 9.17) is 10.8 Å². The number of carboxylic acid groups (broad SMARTS) is 1. The van der Waals surface area contributed by atoms with Crippen molar-refractivity contribution in [2.45, 2.75) is 49.1 Å². The van der Waals surface area contributed by atoms with E-state index in [0.717, 1.165) is 25.7 Å². The number of aliphatic carboxylic acids is 1. The maximum absolute atomic E-state index is 12.3. The average molecular weight is 312 g/mol. The van der Waals surface area contributed by atoms with Gasteiger partial charge in [0.2, 0.25) is 10.0 Å². The van der Waals surface area contributed by atoms with E-state index in [9.17, 15) is 13.2 Å². The van der Waals surface area contributed by atoms with Gasteiger partial charge in [-0.15, -0.1) is 0 Å². The van der Waals surface area contributed by atoms with Gasteiger partial charge in [0.1, 0.15) is 0 Å². The van der Waals surface area contributed by atoms with Gasteiger partial charge in [-0.1, -0.05) is 25.0 Å². The van der Waals surface area contributed by atoms with Gasteiger partial charge in [-0.3, -0.25) is 4.79 Å². The first-order valence-corrected chi connectivity index (χ1v) is 8.45. The Morgan fingerprint density at radius 3 is 2.43 bits per heavy atom. The topological polar surface area (TPSA) is 109 Å². The van der Waals surface area contributed by atoms with Gasteiger partial charge < -0.3 is 10.8 Å². The Morgan fingerprint density at radius 1 is 1.24 bits per heavy atom. The lowest BCUT2D eigenvalue weighted by Crippen LogP contribution is -2.49. The third-order valence-corrected chi connectivity index (χ3v) is 5.22. The highest BCUT2D eigenvalue weighted by Crippen LogP contribution is 2.19. The van der Waals surface area contributed by atoms with Crippen LogP contribution in [0.25, 0.3) is 0 Å². The van der Waals surface area contributed by atoms with Gasteiger partial charge in [-0.25, -0.2) is 13.1 Å². The van der Waals surface area contributed by atoms with Crippen LogP contribution in [0.4, 0.5) is 0 Å². The van der Waals surface area contributed by atoms with Crippen molar-refractivity contribution in [2.24, 2.45) is 5.73 Å². The summed E-state index contributed by atoms with van der Waals surface area (Å²) in [6.07, 6.45) is 3.45. The Hall–Kier alpha value is -1.44. The highest BCUT2D eigenvalue weighted by atomic mass is 32.2.